The molecule has 0 bridgehead atoms. The van der Waals surface area contributed by atoms with Crippen LogP contribution < -0.4 is 10.6 Å². The molecule has 3 rings (SSSR count). The first-order valence-electron chi connectivity index (χ1n) is 8.71. The van der Waals surface area contributed by atoms with Crippen LogP contribution in [-0.2, 0) is 21.5 Å². The van der Waals surface area contributed by atoms with E-state index >= 15 is 0 Å². The maximum absolute atomic E-state index is 12.9. The fraction of sp³-hybridized carbons (Fsp3) is 0.250. The van der Waals surface area contributed by atoms with Crippen molar-refractivity contribution < 1.29 is 18.8 Å². The van der Waals surface area contributed by atoms with Crippen LogP contribution in [0.2, 0.25) is 5.02 Å². The predicted molar refractivity (Wildman–Crippen MR) is 102 cm³/mol. The molecular weight excluding hydrogens is 385 g/mol. The van der Waals surface area contributed by atoms with Crippen molar-refractivity contribution in [2.45, 2.75) is 18.9 Å². The number of imide groups is 1. The van der Waals surface area contributed by atoms with Crippen LogP contribution in [0.4, 0.5) is 9.18 Å². The van der Waals surface area contributed by atoms with Crippen LogP contribution in [-0.4, -0.2) is 35.8 Å². The minimum atomic E-state index is -1.33. The van der Waals surface area contributed by atoms with Gasteiger partial charge in [-0.1, -0.05) is 41.9 Å². The van der Waals surface area contributed by atoms with Crippen LogP contribution >= 0.6 is 11.6 Å². The molecule has 1 aliphatic rings. The van der Waals surface area contributed by atoms with Crippen molar-refractivity contribution in [2.24, 2.45) is 0 Å². The van der Waals surface area contributed by atoms with Gasteiger partial charge in [0.25, 0.3) is 5.91 Å². The maximum Gasteiger partial charge on any atom is 0.325 e. The third-order valence-electron chi connectivity index (χ3n) is 4.64. The average Bonchev–Trinajstić information content (AvgIpc) is 2.87. The van der Waals surface area contributed by atoms with E-state index in [0.717, 1.165) is 10.5 Å². The first-order valence-corrected chi connectivity index (χ1v) is 9.09. The Bertz CT molecular complexity index is 919. The highest BCUT2D eigenvalue weighted by molar-refractivity contribution is 6.32. The number of hydrogen-bond acceptors (Lipinski definition) is 3. The molecule has 1 saturated heterocycles. The first-order chi connectivity index (χ1) is 13.3. The van der Waals surface area contributed by atoms with Crippen molar-refractivity contribution in [3.63, 3.8) is 0 Å². The molecule has 146 valence electrons. The van der Waals surface area contributed by atoms with Gasteiger partial charge in [0.05, 0.1) is 0 Å². The molecule has 1 heterocycles. The number of nitrogens with zero attached hydrogens (tertiary/aromatic N) is 1. The summed E-state index contributed by atoms with van der Waals surface area (Å²) in [6.45, 7) is 1.46. The Balaban J connectivity index is 1.60. The highest BCUT2D eigenvalue weighted by Crippen LogP contribution is 2.33. The van der Waals surface area contributed by atoms with Gasteiger partial charge in [-0.15, -0.1) is 0 Å². The summed E-state index contributed by atoms with van der Waals surface area (Å²) in [5, 5.41) is 5.63. The maximum atomic E-state index is 12.9. The summed E-state index contributed by atoms with van der Waals surface area (Å²) in [4.78, 5) is 38.2. The van der Waals surface area contributed by atoms with E-state index in [-0.39, 0.29) is 5.82 Å². The number of carbonyl (C=O) groups is 3. The van der Waals surface area contributed by atoms with Gasteiger partial charge in [-0.05, 0) is 37.1 Å². The molecule has 0 aromatic heterocycles. The number of nitrogens with one attached hydrogen (secondary N) is 2. The molecule has 0 radical (unpaired) electrons. The minimum absolute atomic E-state index is 0.301. The van der Waals surface area contributed by atoms with E-state index in [2.05, 4.69) is 10.6 Å². The molecule has 1 fully saturated rings. The van der Waals surface area contributed by atoms with Crippen LogP contribution in [0.5, 0.6) is 0 Å². The van der Waals surface area contributed by atoms with Crippen LogP contribution in [0.15, 0.2) is 48.5 Å². The van der Waals surface area contributed by atoms with Gasteiger partial charge in [-0.2, -0.15) is 0 Å². The molecular formula is C20H19ClFN3O3. The Morgan fingerprint density at radius 2 is 1.86 bits per heavy atom. The van der Waals surface area contributed by atoms with Crippen molar-refractivity contribution in [3.05, 3.63) is 70.5 Å². The summed E-state index contributed by atoms with van der Waals surface area (Å²) in [5.41, 5.74) is 0.00121. The van der Waals surface area contributed by atoms with Gasteiger partial charge >= 0.3 is 6.03 Å². The zero-order chi connectivity index (χ0) is 20.3. The molecule has 2 N–H and O–H groups in total. The summed E-state index contributed by atoms with van der Waals surface area (Å²) >= 11 is 6.17. The molecule has 6 nitrogen and oxygen atoms in total. The van der Waals surface area contributed by atoms with Gasteiger partial charge in [0.2, 0.25) is 5.91 Å². The zero-order valence-corrected chi connectivity index (χ0v) is 15.9. The van der Waals surface area contributed by atoms with Crippen molar-refractivity contribution in [1.29, 1.82) is 0 Å². The van der Waals surface area contributed by atoms with Crippen molar-refractivity contribution in [2.75, 3.05) is 13.1 Å². The quantitative estimate of drug-likeness (QED) is 0.728. The third-order valence-corrected chi connectivity index (χ3v) is 4.97. The zero-order valence-electron chi connectivity index (χ0n) is 15.2. The van der Waals surface area contributed by atoms with Gasteiger partial charge in [-0.3, -0.25) is 14.5 Å². The minimum Gasteiger partial charge on any atom is -0.354 e. The molecule has 8 heteroatoms. The summed E-state index contributed by atoms with van der Waals surface area (Å²) < 4.78 is 12.9. The standard InChI is InChI=1S/C20H19ClFN3O3/c1-20(15-4-2-3-5-16(15)21)18(27)25(19(28)24-20)12-17(26)23-11-10-13-6-8-14(22)9-7-13/h2-9H,10-12H2,1H3,(H,23,26)(H,24,28)/t20-/m0/s1. The van der Waals surface area contributed by atoms with Crippen LogP contribution in [0.25, 0.3) is 0 Å². The highest BCUT2D eigenvalue weighted by Gasteiger charge is 2.50. The van der Waals surface area contributed by atoms with Crippen LogP contribution in [0.1, 0.15) is 18.1 Å². The van der Waals surface area contributed by atoms with Gasteiger partial charge in [-0.25, -0.2) is 9.18 Å². The lowest BCUT2D eigenvalue weighted by atomic mass is 9.92. The van der Waals surface area contributed by atoms with E-state index < -0.39 is 29.9 Å². The molecule has 1 atom stereocenters. The largest absolute Gasteiger partial charge is 0.354 e. The predicted octanol–water partition coefficient (Wildman–Crippen LogP) is 2.61. The Morgan fingerprint density at radius 3 is 2.54 bits per heavy atom. The summed E-state index contributed by atoms with van der Waals surface area (Å²) in [7, 11) is 0. The number of hydrogen-bond donors (Lipinski definition) is 2. The molecule has 0 saturated carbocycles. The second kappa shape index (κ2) is 7.98. The number of urea groups is 1. The number of amides is 4. The number of carbonyl (C=O) groups excluding carboxylic acids is 3. The molecule has 0 spiro atoms. The van der Waals surface area contributed by atoms with Crippen LogP contribution in [0.3, 0.4) is 0 Å². The van der Waals surface area contributed by atoms with E-state index in [1.54, 1.807) is 43.3 Å². The monoisotopic (exact) mass is 403 g/mol. The van der Waals surface area contributed by atoms with Crippen LogP contribution in [0, 0.1) is 5.82 Å². The van der Waals surface area contributed by atoms with E-state index in [1.807, 2.05) is 0 Å². The van der Waals surface area contributed by atoms with Gasteiger partial charge in [0.15, 0.2) is 0 Å². The topological polar surface area (TPSA) is 78.5 Å². The van der Waals surface area contributed by atoms with E-state index in [1.165, 1.54) is 12.1 Å². The SMILES string of the molecule is C[C@@]1(c2ccccc2Cl)NC(=O)N(CC(=O)NCCc2ccc(F)cc2)C1=O. The van der Waals surface area contributed by atoms with Crippen molar-refractivity contribution in [3.8, 4) is 0 Å². The summed E-state index contributed by atoms with van der Waals surface area (Å²) in [6.07, 6.45) is 0.503. The van der Waals surface area contributed by atoms with E-state index in [9.17, 15) is 18.8 Å². The lowest BCUT2D eigenvalue weighted by molar-refractivity contribution is -0.134. The normalized spacial score (nSPS) is 18.9. The van der Waals surface area contributed by atoms with Gasteiger partial charge < -0.3 is 10.6 Å². The molecule has 1 aliphatic heterocycles. The van der Waals surface area contributed by atoms with Gasteiger partial charge in [0.1, 0.15) is 17.9 Å². The molecule has 0 aliphatic carbocycles. The second-order valence-corrected chi connectivity index (χ2v) is 7.06. The fourth-order valence-corrected chi connectivity index (χ4v) is 3.41. The molecule has 2 aromatic carbocycles. The number of rotatable bonds is 6. The van der Waals surface area contributed by atoms with Crippen molar-refractivity contribution in [1.82, 2.24) is 15.5 Å². The third kappa shape index (κ3) is 3.99. The van der Waals surface area contributed by atoms with E-state index in [4.69, 9.17) is 11.6 Å². The lowest BCUT2D eigenvalue weighted by Gasteiger charge is -2.23. The second-order valence-electron chi connectivity index (χ2n) is 6.65. The van der Waals surface area contributed by atoms with Crippen molar-refractivity contribution >= 4 is 29.4 Å². The summed E-state index contributed by atoms with van der Waals surface area (Å²) in [6, 6.07) is 12.0. The lowest BCUT2D eigenvalue weighted by Crippen LogP contribution is -2.43. The first kappa shape index (κ1) is 19.8. The van der Waals surface area contributed by atoms with Gasteiger partial charge in [0, 0.05) is 17.1 Å². The molecule has 2 aromatic rings. The molecule has 28 heavy (non-hydrogen) atoms. The Hall–Kier alpha value is -2.93. The highest BCUT2D eigenvalue weighted by atomic mass is 35.5. The number of benzene rings is 2. The Kier molecular flexibility index (Phi) is 5.65. The van der Waals surface area contributed by atoms with E-state index in [0.29, 0.717) is 23.6 Å². The molecule has 0 unspecified atom stereocenters. The molecule has 4 amide bonds. The summed E-state index contributed by atoms with van der Waals surface area (Å²) in [5.74, 6) is -1.33. The average molecular weight is 404 g/mol. The number of halogens is 2. The Morgan fingerprint density at radius 1 is 1.18 bits per heavy atom. The smallest absolute Gasteiger partial charge is 0.325 e. The fourth-order valence-electron chi connectivity index (χ4n) is 3.09. The Labute approximate surface area is 166 Å².